The van der Waals surface area contributed by atoms with Crippen LogP contribution in [0, 0.1) is 0 Å². The third-order valence-electron chi connectivity index (χ3n) is 3.88. The number of anilines is 2. The topological polar surface area (TPSA) is 88.3 Å². The van der Waals surface area contributed by atoms with Crippen LogP contribution in [0.3, 0.4) is 0 Å². The van der Waals surface area contributed by atoms with Crippen LogP contribution in [0.1, 0.15) is 13.8 Å². The molecule has 0 aliphatic carbocycles. The summed E-state index contributed by atoms with van der Waals surface area (Å²) in [6.45, 7) is 3.62. The Morgan fingerprint density at radius 1 is 1.29 bits per heavy atom. The van der Waals surface area contributed by atoms with Gasteiger partial charge in [0.2, 0.25) is 5.91 Å². The molecular weight excluding hydrogens is 268 g/mol. The number of aromatic nitrogens is 1. The lowest BCUT2D eigenvalue weighted by Crippen LogP contribution is -2.64. The lowest BCUT2D eigenvalue weighted by Gasteiger charge is -2.42. The summed E-state index contributed by atoms with van der Waals surface area (Å²) in [6, 6.07) is 7.33. The van der Waals surface area contributed by atoms with Crippen molar-refractivity contribution in [2.75, 3.05) is 17.2 Å². The van der Waals surface area contributed by atoms with E-state index in [1.165, 1.54) is 0 Å². The number of nitrogen functional groups attached to an aromatic ring is 1. The van der Waals surface area contributed by atoms with E-state index in [1.54, 1.807) is 31.0 Å². The Morgan fingerprint density at radius 3 is 2.81 bits per heavy atom. The van der Waals surface area contributed by atoms with E-state index < -0.39 is 5.54 Å². The number of fused-ring (bicyclic) bond motifs is 1. The summed E-state index contributed by atoms with van der Waals surface area (Å²) in [6.07, 6.45) is 1.70. The van der Waals surface area contributed by atoms with Crippen molar-refractivity contribution in [3.63, 3.8) is 0 Å². The van der Waals surface area contributed by atoms with Gasteiger partial charge in [-0.2, -0.15) is 0 Å². The second kappa shape index (κ2) is 4.44. The molecule has 0 unspecified atom stereocenters. The Labute approximate surface area is 121 Å². The molecule has 2 heterocycles. The maximum atomic E-state index is 12.1. The van der Waals surface area contributed by atoms with Crippen molar-refractivity contribution >= 4 is 34.1 Å². The van der Waals surface area contributed by atoms with Crippen molar-refractivity contribution in [2.24, 2.45) is 0 Å². The number of benzene rings is 1. The Kier molecular flexibility index (Phi) is 2.83. The van der Waals surface area contributed by atoms with Gasteiger partial charge in [0.05, 0.1) is 23.4 Å². The predicted octanol–water partition coefficient (Wildman–Crippen LogP) is 1.06. The summed E-state index contributed by atoms with van der Waals surface area (Å²) >= 11 is 0. The van der Waals surface area contributed by atoms with Gasteiger partial charge in [-0.25, -0.2) is 0 Å². The summed E-state index contributed by atoms with van der Waals surface area (Å²) in [5.74, 6) is -0.658. The van der Waals surface area contributed by atoms with Crippen LogP contribution in [0.4, 0.5) is 11.4 Å². The molecule has 1 aromatic carbocycles. The summed E-state index contributed by atoms with van der Waals surface area (Å²) < 4.78 is 0. The lowest BCUT2D eigenvalue weighted by molar-refractivity contribution is -0.135. The van der Waals surface area contributed by atoms with E-state index >= 15 is 0 Å². The Morgan fingerprint density at radius 2 is 2.05 bits per heavy atom. The highest BCUT2D eigenvalue weighted by Gasteiger charge is 2.41. The molecule has 3 rings (SSSR count). The number of nitrogens with zero attached hydrogens (tertiary/aromatic N) is 2. The summed E-state index contributed by atoms with van der Waals surface area (Å²) in [5.41, 5.74) is 7.36. The molecule has 0 atom stereocenters. The minimum absolute atomic E-state index is 0.0920. The van der Waals surface area contributed by atoms with Gasteiger partial charge in [0.1, 0.15) is 5.54 Å². The van der Waals surface area contributed by atoms with Crippen LogP contribution in [-0.4, -0.2) is 28.9 Å². The maximum Gasteiger partial charge on any atom is 0.251 e. The van der Waals surface area contributed by atoms with Crippen LogP contribution in [0.25, 0.3) is 10.9 Å². The maximum absolute atomic E-state index is 12.1. The molecule has 1 aliphatic rings. The zero-order valence-electron chi connectivity index (χ0n) is 11.9. The number of carbonyl (C=O) groups is 2. The quantitative estimate of drug-likeness (QED) is 0.604. The Balaban J connectivity index is 2.17. The lowest BCUT2D eigenvalue weighted by atomic mass is 9.96. The molecule has 0 saturated carbocycles. The summed E-state index contributed by atoms with van der Waals surface area (Å²) in [4.78, 5) is 29.7. The zero-order valence-corrected chi connectivity index (χ0v) is 11.9. The molecule has 1 fully saturated rings. The van der Waals surface area contributed by atoms with Gasteiger partial charge in [0.25, 0.3) is 5.91 Å². The van der Waals surface area contributed by atoms with Gasteiger partial charge in [0.15, 0.2) is 0 Å². The van der Waals surface area contributed by atoms with E-state index in [1.807, 2.05) is 18.2 Å². The summed E-state index contributed by atoms with van der Waals surface area (Å²) in [7, 11) is 0. The van der Waals surface area contributed by atoms with Crippen LogP contribution in [0.5, 0.6) is 0 Å². The van der Waals surface area contributed by atoms with E-state index in [0.717, 1.165) is 10.9 Å². The van der Waals surface area contributed by atoms with Gasteiger partial charge >= 0.3 is 0 Å². The minimum atomic E-state index is -0.849. The molecule has 21 heavy (non-hydrogen) atoms. The smallest absolute Gasteiger partial charge is 0.251 e. The molecule has 2 aromatic rings. The first kappa shape index (κ1) is 13.4. The first-order valence-electron chi connectivity index (χ1n) is 6.66. The van der Waals surface area contributed by atoms with Gasteiger partial charge < -0.3 is 10.6 Å². The average Bonchev–Trinajstić information content (AvgIpc) is 2.44. The fourth-order valence-electron chi connectivity index (χ4n) is 2.57. The number of pyridine rings is 1. The third-order valence-corrected chi connectivity index (χ3v) is 3.88. The summed E-state index contributed by atoms with van der Waals surface area (Å²) in [5, 5.41) is 3.16. The Bertz CT molecular complexity index is 754. The Hall–Kier alpha value is -2.63. The van der Waals surface area contributed by atoms with Crippen molar-refractivity contribution in [3.05, 3.63) is 30.5 Å². The number of nitrogens with one attached hydrogen (secondary N) is 1. The van der Waals surface area contributed by atoms with Gasteiger partial charge in [-0.3, -0.25) is 19.9 Å². The number of carbonyl (C=O) groups excluding carboxylic acids is 2. The number of imide groups is 1. The molecule has 108 valence electrons. The molecule has 1 aromatic heterocycles. The zero-order chi connectivity index (χ0) is 15.2. The normalized spacial score (nSPS) is 17.9. The van der Waals surface area contributed by atoms with Crippen molar-refractivity contribution in [2.45, 2.75) is 19.4 Å². The molecule has 2 amide bonds. The average molecular weight is 284 g/mol. The number of hydrogen-bond acceptors (Lipinski definition) is 5. The largest absolute Gasteiger partial charge is 0.396 e. The molecule has 3 N–H and O–H groups in total. The molecular formula is C15H16N4O2. The molecule has 1 saturated heterocycles. The highest BCUT2D eigenvalue weighted by molar-refractivity contribution is 6.08. The standard InChI is InChI=1S/C15H16N4O2/c1-15(2)14(21)18-12(20)8-19(15)11-6-5-10-9(13(11)16)4-3-7-17-10/h3-7H,8,16H2,1-2H3,(H,18,20,21). The first-order chi connectivity index (χ1) is 9.91. The molecule has 6 heteroatoms. The van der Waals surface area contributed by atoms with Crippen LogP contribution < -0.4 is 16.0 Å². The van der Waals surface area contributed by atoms with Crippen LogP contribution in [0.2, 0.25) is 0 Å². The van der Waals surface area contributed by atoms with Gasteiger partial charge in [-0.05, 0) is 38.1 Å². The number of hydrogen-bond donors (Lipinski definition) is 2. The molecule has 0 radical (unpaired) electrons. The number of rotatable bonds is 1. The van der Waals surface area contributed by atoms with E-state index in [4.69, 9.17) is 5.73 Å². The van der Waals surface area contributed by atoms with Crippen LogP contribution in [-0.2, 0) is 9.59 Å². The third kappa shape index (κ3) is 1.99. The van der Waals surface area contributed by atoms with Crippen molar-refractivity contribution in [3.8, 4) is 0 Å². The van der Waals surface area contributed by atoms with Crippen LogP contribution in [0.15, 0.2) is 30.5 Å². The highest BCUT2D eigenvalue weighted by atomic mass is 16.2. The second-order valence-electron chi connectivity index (χ2n) is 5.59. The highest BCUT2D eigenvalue weighted by Crippen LogP contribution is 2.35. The second-order valence-corrected chi connectivity index (χ2v) is 5.59. The number of amides is 2. The SMILES string of the molecule is CC1(C)C(=O)NC(=O)CN1c1ccc2ncccc2c1N. The van der Waals surface area contributed by atoms with Gasteiger partial charge in [-0.1, -0.05) is 0 Å². The monoisotopic (exact) mass is 284 g/mol. The number of nitrogens with two attached hydrogens (primary N) is 1. The van der Waals surface area contributed by atoms with Crippen molar-refractivity contribution in [1.82, 2.24) is 10.3 Å². The number of piperazine rings is 1. The van der Waals surface area contributed by atoms with E-state index in [9.17, 15) is 9.59 Å². The first-order valence-corrected chi connectivity index (χ1v) is 6.66. The van der Waals surface area contributed by atoms with Crippen LogP contribution >= 0.6 is 0 Å². The molecule has 0 spiro atoms. The fraction of sp³-hybridized carbons (Fsp3) is 0.267. The molecule has 1 aliphatic heterocycles. The predicted molar refractivity (Wildman–Crippen MR) is 80.7 cm³/mol. The van der Waals surface area contributed by atoms with Crippen molar-refractivity contribution < 1.29 is 9.59 Å². The van der Waals surface area contributed by atoms with Crippen molar-refractivity contribution in [1.29, 1.82) is 0 Å². The molecule has 0 bridgehead atoms. The van der Waals surface area contributed by atoms with Gasteiger partial charge in [0, 0.05) is 11.6 Å². The molecule has 6 nitrogen and oxygen atoms in total. The van der Waals surface area contributed by atoms with E-state index in [-0.39, 0.29) is 18.4 Å². The fourth-order valence-corrected chi connectivity index (χ4v) is 2.57. The minimum Gasteiger partial charge on any atom is -0.396 e. The van der Waals surface area contributed by atoms with E-state index in [2.05, 4.69) is 10.3 Å². The van der Waals surface area contributed by atoms with Gasteiger partial charge in [-0.15, -0.1) is 0 Å². The van der Waals surface area contributed by atoms with E-state index in [0.29, 0.717) is 11.4 Å².